The van der Waals surface area contributed by atoms with Crippen LogP contribution < -0.4 is 10.6 Å². The number of hydrogen-bond donors (Lipinski definition) is 3. The lowest BCUT2D eigenvalue weighted by Crippen LogP contribution is -2.14. The molecule has 0 aliphatic heterocycles. The van der Waals surface area contributed by atoms with Gasteiger partial charge in [0.2, 0.25) is 10.0 Å². The summed E-state index contributed by atoms with van der Waals surface area (Å²) in [5, 5.41) is 31.1. The van der Waals surface area contributed by atoms with Gasteiger partial charge in [-0.05, 0) is 70.9 Å². The second kappa shape index (κ2) is 10.1. The number of nitrogens with two attached hydrogens (primary N) is 1. The molecule has 0 amide bonds. The van der Waals surface area contributed by atoms with Gasteiger partial charge in [0.05, 0.1) is 20.0 Å². The van der Waals surface area contributed by atoms with Gasteiger partial charge in [-0.25, -0.2) is 13.6 Å². The minimum Gasteiger partial charge on any atom is -0.507 e. The van der Waals surface area contributed by atoms with Crippen molar-refractivity contribution in [2.75, 3.05) is 5.43 Å². The first-order valence-electron chi connectivity index (χ1n) is 9.03. The summed E-state index contributed by atoms with van der Waals surface area (Å²) in [5.74, 6) is 0.00929. The molecule has 172 valence electrons. The highest BCUT2D eigenvalue weighted by atomic mass is 79.9. The summed E-state index contributed by atoms with van der Waals surface area (Å²) in [6.45, 7) is 1.66. The van der Waals surface area contributed by atoms with Gasteiger partial charge in [0, 0.05) is 27.6 Å². The zero-order chi connectivity index (χ0) is 24.3. The standard InChI is InChI=1S/C20H16BrClN4O5S2/c1-11-8-19(33(23,30)31)18(10-16(11)22)32-20(12-2-7-17(27)15(21)9-12)25-24-13-3-5-14(6-4-13)26(28)29/h2-10,24,27H,1H3,(H2,23,30,31)/b25-20+. The number of phenols is 1. The first-order chi connectivity index (χ1) is 15.5. The number of halogens is 2. The van der Waals surface area contributed by atoms with Crippen LogP contribution in [0.3, 0.4) is 0 Å². The van der Waals surface area contributed by atoms with E-state index in [1.807, 2.05) is 0 Å². The van der Waals surface area contributed by atoms with Crippen LogP contribution in [-0.2, 0) is 10.0 Å². The molecule has 33 heavy (non-hydrogen) atoms. The van der Waals surface area contributed by atoms with Crippen LogP contribution in [0.5, 0.6) is 5.75 Å². The van der Waals surface area contributed by atoms with Crippen LogP contribution in [0.4, 0.5) is 11.4 Å². The number of phenolic OH excluding ortho intramolecular Hbond substituents is 1. The van der Waals surface area contributed by atoms with Crippen molar-refractivity contribution in [1.29, 1.82) is 0 Å². The molecule has 0 spiro atoms. The molecule has 3 aromatic carbocycles. The number of rotatable bonds is 6. The number of nitrogens with one attached hydrogen (secondary N) is 1. The topological polar surface area (TPSA) is 148 Å². The number of thioether (sulfide) groups is 1. The molecule has 0 saturated carbocycles. The van der Waals surface area contributed by atoms with Crippen molar-refractivity contribution in [3.63, 3.8) is 0 Å². The average Bonchev–Trinajstić information content (AvgIpc) is 2.74. The highest BCUT2D eigenvalue weighted by molar-refractivity contribution is 9.10. The number of anilines is 1. The number of aromatic hydroxyl groups is 1. The van der Waals surface area contributed by atoms with E-state index in [2.05, 4.69) is 26.5 Å². The quantitative estimate of drug-likeness (QED) is 0.120. The van der Waals surface area contributed by atoms with E-state index < -0.39 is 14.9 Å². The van der Waals surface area contributed by atoms with E-state index >= 15 is 0 Å². The number of hydrazone groups is 1. The highest BCUT2D eigenvalue weighted by Gasteiger charge is 2.20. The van der Waals surface area contributed by atoms with Gasteiger partial charge in [0.25, 0.3) is 5.69 Å². The van der Waals surface area contributed by atoms with Crippen molar-refractivity contribution >= 4 is 65.7 Å². The smallest absolute Gasteiger partial charge is 0.269 e. The maximum absolute atomic E-state index is 12.2. The molecule has 0 bridgehead atoms. The molecule has 0 unspecified atom stereocenters. The number of primary sulfonamides is 1. The summed E-state index contributed by atoms with van der Waals surface area (Å²) in [4.78, 5) is 10.5. The number of benzene rings is 3. The zero-order valence-corrected chi connectivity index (χ0v) is 20.8. The number of sulfonamides is 1. The summed E-state index contributed by atoms with van der Waals surface area (Å²) in [6.07, 6.45) is 0. The van der Waals surface area contributed by atoms with Crippen molar-refractivity contribution in [1.82, 2.24) is 0 Å². The summed E-state index contributed by atoms with van der Waals surface area (Å²) in [6, 6.07) is 13.1. The Labute approximate surface area is 207 Å². The van der Waals surface area contributed by atoms with E-state index in [4.69, 9.17) is 16.7 Å². The van der Waals surface area contributed by atoms with E-state index in [1.54, 1.807) is 19.1 Å². The van der Waals surface area contributed by atoms with Crippen LogP contribution in [-0.4, -0.2) is 23.5 Å². The lowest BCUT2D eigenvalue weighted by atomic mass is 10.2. The fourth-order valence-electron chi connectivity index (χ4n) is 2.60. The number of nitrogens with zero attached hydrogens (tertiary/aromatic N) is 2. The minimum atomic E-state index is -4.06. The molecule has 0 aromatic heterocycles. The molecule has 0 heterocycles. The van der Waals surface area contributed by atoms with E-state index in [0.717, 1.165) is 11.8 Å². The van der Waals surface area contributed by atoms with Gasteiger partial charge < -0.3 is 5.11 Å². The zero-order valence-electron chi connectivity index (χ0n) is 16.8. The second-order valence-electron chi connectivity index (χ2n) is 6.69. The molecule has 0 atom stereocenters. The van der Waals surface area contributed by atoms with Crippen LogP contribution in [0.25, 0.3) is 0 Å². The van der Waals surface area contributed by atoms with Crippen LogP contribution in [0.1, 0.15) is 11.1 Å². The van der Waals surface area contributed by atoms with Gasteiger partial charge in [-0.15, -0.1) is 0 Å². The monoisotopic (exact) mass is 570 g/mol. The third kappa shape index (κ3) is 6.24. The highest BCUT2D eigenvalue weighted by Crippen LogP contribution is 2.35. The molecule has 13 heteroatoms. The van der Waals surface area contributed by atoms with Crippen LogP contribution in [0.2, 0.25) is 5.02 Å². The van der Waals surface area contributed by atoms with Crippen LogP contribution >= 0.6 is 39.3 Å². The molecule has 0 saturated heterocycles. The number of non-ortho nitro benzene ring substituents is 1. The van der Waals surface area contributed by atoms with E-state index in [9.17, 15) is 23.6 Å². The molecular formula is C20H16BrClN4O5S2. The Kier molecular flexibility index (Phi) is 7.65. The molecule has 0 fully saturated rings. The van der Waals surface area contributed by atoms with Crippen LogP contribution in [0.15, 0.2) is 74.0 Å². The van der Waals surface area contributed by atoms with E-state index in [-0.39, 0.29) is 21.2 Å². The number of nitro benzene ring substituents is 1. The fourth-order valence-corrected chi connectivity index (χ4v) is 5.24. The Balaban J connectivity index is 2.06. The van der Waals surface area contributed by atoms with Crippen molar-refractivity contribution < 1.29 is 18.4 Å². The largest absolute Gasteiger partial charge is 0.507 e. The van der Waals surface area contributed by atoms with E-state index in [1.165, 1.54) is 42.5 Å². The normalized spacial score (nSPS) is 11.9. The van der Waals surface area contributed by atoms with Crippen molar-refractivity contribution in [3.05, 3.63) is 85.3 Å². The predicted molar refractivity (Wildman–Crippen MR) is 132 cm³/mol. The van der Waals surface area contributed by atoms with Gasteiger partial charge in [-0.2, -0.15) is 5.10 Å². The first-order valence-corrected chi connectivity index (χ1v) is 12.6. The molecular weight excluding hydrogens is 556 g/mol. The average molecular weight is 572 g/mol. The van der Waals surface area contributed by atoms with E-state index in [0.29, 0.717) is 31.4 Å². The first kappa shape index (κ1) is 25.0. The van der Waals surface area contributed by atoms with Gasteiger partial charge >= 0.3 is 0 Å². The van der Waals surface area contributed by atoms with Gasteiger partial charge in [0.1, 0.15) is 10.8 Å². The number of aryl methyl sites for hydroxylation is 1. The molecule has 3 rings (SSSR count). The molecule has 3 aromatic rings. The Morgan fingerprint density at radius 1 is 1.21 bits per heavy atom. The lowest BCUT2D eigenvalue weighted by molar-refractivity contribution is -0.384. The van der Waals surface area contributed by atoms with Crippen molar-refractivity contribution in [2.24, 2.45) is 10.2 Å². The lowest BCUT2D eigenvalue weighted by Gasteiger charge is -2.13. The maximum Gasteiger partial charge on any atom is 0.269 e. The Morgan fingerprint density at radius 2 is 1.88 bits per heavy atom. The third-order valence-corrected chi connectivity index (χ3v) is 7.50. The molecule has 4 N–H and O–H groups in total. The van der Waals surface area contributed by atoms with Gasteiger partial charge in [-0.1, -0.05) is 23.4 Å². The minimum absolute atomic E-state index is 0.00929. The Hall–Kier alpha value is -2.64. The number of nitro groups is 1. The third-order valence-electron chi connectivity index (χ3n) is 4.30. The Morgan fingerprint density at radius 3 is 2.45 bits per heavy atom. The maximum atomic E-state index is 12.2. The fraction of sp³-hybridized carbons (Fsp3) is 0.0500. The Bertz CT molecular complexity index is 1370. The molecule has 0 aliphatic rings. The summed E-state index contributed by atoms with van der Waals surface area (Å²) < 4.78 is 24.7. The summed E-state index contributed by atoms with van der Waals surface area (Å²) >= 11 is 10.5. The van der Waals surface area contributed by atoms with Crippen molar-refractivity contribution in [2.45, 2.75) is 16.7 Å². The number of hydrogen-bond acceptors (Lipinski definition) is 8. The summed E-state index contributed by atoms with van der Waals surface area (Å²) in [5.41, 5.74) is 4.27. The molecule has 0 aliphatic carbocycles. The second-order valence-corrected chi connectivity index (χ2v) is 10.5. The van der Waals surface area contributed by atoms with Gasteiger partial charge in [0.15, 0.2) is 0 Å². The van der Waals surface area contributed by atoms with Crippen molar-refractivity contribution in [3.8, 4) is 5.75 Å². The molecule has 0 radical (unpaired) electrons. The van der Waals surface area contributed by atoms with Gasteiger partial charge in [-0.3, -0.25) is 15.5 Å². The van der Waals surface area contributed by atoms with Crippen LogP contribution in [0, 0.1) is 17.0 Å². The summed E-state index contributed by atoms with van der Waals surface area (Å²) in [7, 11) is -4.06. The molecule has 9 nitrogen and oxygen atoms in total. The SMILES string of the molecule is Cc1cc(S(N)(=O)=O)c(S/C(=N/Nc2ccc([N+](=O)[O-])cc2)c2ccc(O)c(Br)c2)cc1Cl. The predicted octanol–water partition coefficient (Wildman–Crippen LogP) is 5.24.